The van der Waals surface area contributed by atoms with Crippen molar-refractivity contribution in [1.82, 2.24) is 29.9 Å². The van der Waals surface area contributed by atoms with E-state index in [1.54, 1.807) is 18.3 Å². The Morgan fingerprint density at radius 1 is 0.951 bits per heavy atom. The van der Waals surface area contributed by atoms with E-state index in [-0.39, 0.29) is 29.3 Å². The number of alkyl halides is 3. The van der Waals surface area contributed by atoms with Crippen LogP contribution in [0.2, 0.25) is 0 Å². The highest BCUT2D eigenvalue weighted by atomic mass is 19.4. The van der Waals surface area contributed by atoms with E-state index in [1.165, 1.54) is 34.7 Å². The van der Waals surface area contributed by atoms with E-state index in [1.807, 2.05) is 90.2 Å². The average molecular weight is 847 g/mol. The molecule has 2 heterocycles. The highest BCUT2D eigenvalue weighted by Crippen LogP contribution is 2.30. The lowest BCUT2D eigenvalue weighted by Gasteiger charge is -2.32. The zero-order valence-electron chi connectivity index (χ0n) is 37.8. The number of allylic oxidation sites excluding steroid dienone is 4. The van der Waals surface area contributed by atoms with Gasteiger partial charge in [-0.3, -0.25) is 14.0 Å². The standard InChI is InChI=1S/C29H42FN3O2.C13H8F3N3.C3H8.C2H6.C2H2/c1-8-17-33(21(5)20(4)9-2)25(10-3)18-26(31-27(34)23-13-14-23)28(35)32-29(6,7)19-22-11-15-24(30)16-12-22;14-13(15,16)11-8-19-7-10(6-17-12(19)18-11)9-4-2-1-3-5-9;1-3-2;2*1-2/h8,10-12,15-17,23,26H,9,13-14,18-19H2,1-7H3,(H,31,34)(H,32,35);1-8H;3H2,1-2H3;1-2H3;1-2H/b17-8-,21-20-,25-10-;;;;. The van der Waals surface area contributed by atoms with Crippen LogP contribution in [0.15, 0.2) is 109 Å². The number of hydrogen-bond acceptors (Lipinski definition) is 5. The van der Waals surface area contributed by atoms with Gasteiger partial charge in [0.05, 0.1) is 0 Å². The quantitative estimate of drug-likeness (QED) is 0.103. The van der Waals surface area contributed by atoms with Crippen LogP contribution >= 0.6 is 0 Å². The van der Waals surface area contributed by atoms with Crippen molar-refractivity contribution in [3.8, 4) is 24.0 Å². The van der Waals surface area contributed by atoms with Crippen molar-refractivity contribution < 1.29 is 27.2 Å². The Morgan fingerprint density at radius 2 is 1.54 bits per heavy atom. The average Bonchev–Trinajstić information content (AvgIpc) is 4.01. The summed E-state index contributed by atoms with van der Waals surface area (Å²) in [4.78, 5) is 35.7. The number of amides is 2. The van der Waals surface area contributed by atoms with Crippen LogP contribution in [0.3, 0.4) is 0 Å². The summed E-state index contributed by atoms with van der Waals surface area (Å²) < 4.78 is 52.2. The van der Waals surface area contributed by atoms with Crippen LogP contribution in [0.1, 0.15) is 120 Å². The Balaban J connectivity index is 0.000000596. The normalized spacial score (nSPS) is 13.4. The molecule has 5 rings (SSSR count). The number of terminal acetylenes is 1. The highest BCUT2D eigenvalue weighted by molar-refractivity contribution is 5.90. The number of fused-ring (bicyclic) bond motifs is 1. The lowest BCUT2D eigenvalue weighted by molar-refractivity contribution is -0.140. The van der Waals surface area contributed by atoms with E-state index in [9.17, 15) is 27.2 Å². The predicted molar refractivity (Wildman–Crippen MR) is 241 cm³/mol. The number of aromatic nitrogens is 3. The van der Waals surface area contributed by atoms with Crippen molar-refractivity contribution >= 4 is 17.6 Å². The summed E-state index contributed by atoms with van der Waals surface area (Å²) in [7, 11) is 0. The first-order chi connectivity index (χ1) is 29.0. The fourth-order valence-electron chi connectivity index (χ4n) is 5.82. The van der Waals surface area contributed by atoms with E-state index in [0.717, 1.165) is 53.5 Å². The second kappa shape index (κ2) is 26.5. The van der Waals surface area contributed by atoms with Gasteiger partial charge in [-0.2, -0.15) is 13.2 Å². The third-order valence-electron chi connectivity index (χ3n) is 9.17. The minimum atomic E-state index is -4.46. The second-order valence-electron chi connectivity index (χ2n) is 14.8. The van der Waals surface area contributed by atoms with Gasteiger partial charge in [-0.1, -0.05) is 101 Å². The molecule has 2 amide bonds. The van der Waals surface area contributed by atoms with Gasteiger partial charge in [0.1, 0.15) is 11.9 Å². The molecule has 4 aromatic rings. The van der Waals surface area contributed by atoms with Gasteiger partial charge in [0.2, 0.25) is 17.6 Å². The van der Waals surface area contributed by atoms with Crippen molar-refractivity contribution in [3.05, 3.63) is 126 Å². The molecule has 61 heavy (non-hydrogen) atoms. The molecule has 1 saturated carbocycles. The topological polar surface area (TPSA) is 91.6 Å². The van der Waals surface area contributed by atoms with Gasteiger partial charge >= 0.3 is 6.18 Å². The maximum atomic E-state index is 13.5. The van der Waals surface area contributed by atoms with E-state index in [2.05, 4.69) is 73.0 Å². The van der Waals surface area contributed by atoms with Crippen molar-refractivity contribution in [2.75, 3.05) is 0 Å². The molecule has 1 aliphatic carbocycles. The molecule has 1 atom stereocenters. The Labute approximate surface area is 361 Å². The smallest absolute Gasteiger partial charge is 0.349 e. The zero-order valence-corrected chi connectivity index (χ0v) is 37.8. The lowest BCUT2D eigenvalue weighted by atomic mass is 9.94. The van der Waals surface area contributed by atoms with Crippen molar-refractivity contribution in [2.24, 2.45) is 5.92 Å². The highest BCUT2D eigenvalue weighted by Gasteiger charge is 2.35. The Morgan fingerprint density at radius 3 is 2.05 bits per heavy atom. The number of imidazole rings is 1. The van der Waals surface area contributed by atoms with E-state index >= 15 is 0 Å². The molecule has 2 N–H and O–H groups in total. The van der Waals surface area contributed by atoms with Gasteiger partial charge in [0.25, 0.3) is 0 Å². The maximum absolute atomic E-state index is 13.5. The van der Waals surface area contributed by atoms with Crippen LogP contribution < -0.4 is 10.6 Å². The van der Waals surface area contributed by atoms with Crippen molar-refractivity contribution in [2.45, 2.75) is 132 Å². The number of hydrogen-bond donors (Lipinski definition) is 2. The van der Waals surface area contributed by atoms with Gasteiger partial charge < -0.3 is 15.5 Å². The zero-order chi connectivity index (χ0) is 46.3. The van der Waals surface area contributed by atoms with Crippen molar-refractivity contribution in [1.29, 1.82) is 0 Å². The molecule has 1 fully saturated rings. The first-order valence-electron chi connectivity index (χ1n) is 20.9. The summed E-state index contributed by atoms with van der Waals surface area (Å²) in [6, 6.07) is 14.9. The maximum Gasteiger partial charge on any atom is 0.434 e. The number of halogens is 4. The molecular weight excluding hydrogens is 781 g/mol. The molecule has 12 heteroatoms. The monoisotopic (exact) mass is 847 g/mol. The largest absolute Gasteiger partial charge is 0.434 e. The summed E-state index contributed by atoms with van der Waals surface area (Å²) in [5.74, 6) is -0.536. The van der Waals surface area contributed by atoms with E-state index < -0.39 is 23.5 Å². The molecule has 0 saturated heterocycles. The molecule has 1 aliphatic rings. The fraction of sp³-hybridized carbons (Fsp3) is 0.429. The SMILES string of the molecule is C#C.C/C=C\N(/C(=C\C)CC(NC(=O)C1CC1)C(=O)NC(C)(C)Cc1ccc(F)cc1)/C(C)=C(/C)CC.CC.CCC.FC(F)(F)c1cn2cc(-c3ccccc3)cnc2n1. The van der Waals surface area contributed by atoms with Crippen LogP contribution in [0, 0.1) is 24.6 Å². The molecule has 1 unspecified atom stereocenters. The number of benzene rings is 2. The summed E-state index contributed by atoms with van der Waals surface area (Å²) >= 11 is 0. The van der Waals surface area contributed by atoms with Gasteiger partial charge in [0, 0.05) is 59.6 Å². The van der Waals surface area contributed by atoms with Gasteiger partial charge in [-0.15, -0.1) is 12.8 Å². The lowest BCUT2D eigenvalue weighted by Crippen LogP contribution is -2.54. The van der Waals surface area contributed by atoms with Crippen molar-refractivity contribution in [3.63, 3.8) is 0 Å². The molecular formula is C49H66F4N6O2. The van der Waals surface area contributed by atoms with Crippen LogP contribution in [0.4, 0.5) is 17.6 Å². The minimum Gasteiger partial charge on any atom is -0.349 e. The molecule has 0 aliphatic heterocycles. The van der Waals surface area contributed by atoms with E-state index in [0.29, 0.717) is 12.8 Å². The first-order valence-corrected chi connectivity index (χ1v) is 20.9. The third kappa shape index (κ3) is 17.8. The summed E-state index contributed by atoms with van der Waals surface area (Å²) in [5.41, 5.74) is 4.35. The molecule has 2 aromatic carbocycles. The molecule has 0 bridgehead atoms. The van der Waals surface area contributed by atoms with E-state index in [4.69, 9.17) is 0 Å². The summed E-state index contributed by atoms with van der Waals surface area (Å²) in [6.45, 7) is 22.4. The molecule has 0 spiro atoms. The molecule has 8 nitrogen and oxygen atoms in total. The number of carbonyl (C=O) groups excluding carboxylic acids is 2. The summed E-state index contributed by atoms with van der Waals surface area (Å²) in [5, 5.41) is 6.13. The Bertz CT molecular complexity index is 2040. The third-order valence-corrected chi connectivity index (χ3v) is 9.17. The molecule has 2 aromatic heterocycles. The Kier molecular flexibility index (Phi) is 23.2. The number of nitrogens with one attached hydrogen (secondary N) is 2. The van der Waals surface area contributed by atoms with Gasteiger partial charge in [-0.05, 0) is 90.5 Å². The molecule has 332 valence electrons. The Hall–Kier alpha value is -5.70. The first kappa shape index (κ1) is 53.3. The minimum absolute atomic E-state index is 0.00203. The van der Waals surface area contributed by atoms with Gasteiger partial charge in [0.15, 0.2) is 5.69 Å². The second-order valence-corrected chi connectivity index (χ2v) is 14.8. The van der Waals surface area contributed by atoms with Gasteiger partial charge in [-0.25, -0.2) is 14.4 Å². The van der Waals surface area contributed by atoms with Crippen LogP contribution in [0.5, 0.6) is 0 Å². The summed E-state index contributed by atoms with van der Waals surface area (Å²) in [6.07, 6.45) is 18.4. The number of carbonyl (C=O) groups is 2. The predicted octanol–water partition coefficient (Wildman–Crippen LogP) is 12.1. The van der Waals surface area contributed by atoms with Crippen LogP contribution in [-0.2, 0) is 22.2 Å². The number of rotatable bonds is 13. The molecule has 0 radical (unpaired) electrons. The van der Waals surface area contributed by atoms with Crippen LogP contribution in [0.25, 0.3) is 16.9 Å². The van der Waals surface area contributed by atoms with Crippen LogP contribution in [-0.4, -0.2) is 42.7 Å². The number of nitrogens with zero attached hydrogens (tertiary/aromatic N) is 4. The fourth-order valence-corrected chi connectivity index (χ4v) is 5.82.